The first-order valence-corrected chi connectivity index (χ1v) is 11.3. The van der Waals surface area contributed by atoms with E-state index in [1.165, 1.54) is 49.2 Å². The molecule has 0 spiro atoms. The molecule has 1 aliphatic heterocycles. The van der Waals surface area contributed by atoms with Crippen molar-refractivity contribution < 1.29 is 4.74 Å². The SMILES string of the molecule is COc1c(Cl)cc(CCN2CCN(CCCc3ccccc3)CC2)cc1C(C)C. The summed E-state index contributed by atoms with van der Waals surface area (Å²) in [5.41, 5.74) is 3.97. The van der Waals surface area contributed by atoms with Crippen molar-refractivity contribution in [2.75, 3.05) is 46.4 Å². The van der Waals surface area contributed by atoms with Gasteiger partial charge in [0.25, 0.3) is 0 Å². The molecule has 0 aromatic heterocycles. The molecule has 2 aromatic rings. The number of hydrogen-bond donors (Lipinski definition) is 0. The highest BCUT2D eigenvalue weighted by Gasteiger charge is 2.17. The van der Waals surface area contributed by atoms with Gasteiger partial charge in [-0.15, -0.1) is 0 Å². The zero-order valence-electron chi connectivity index (χ0n) is 18.2. The topological polar surface area (TPSA) is 15.7 Å². The van der Waals surface area contributed by atoms with Crippen molar-refractivity contribution in [2.24, 2.45) is 0 Å². The molecule has 1 heterocycles. The first kappa shape index (κ1) is 22.1. The molecule has 2 aromatic carbocycles. The number of piperazine rings is 1. The van der Waals surface area contributed by atoms with Crippen molar-refractivity contribution in [3.63, 3.8) is 0 Å². The fraction of sp³-hybridized carbons (Fsp3) is 0.520. The lowest BCUT2D eigenvalue weighted by Crippen LogP contribution is -2.47. The van der Waals surface area contributed by atoms with Crippen LogP contribution < -0.4 is 4.74 Å². The fourth-order valence-corrected chi connectivity index (χ4v) is 4.46. The van der Waals surface area contributed by atoms with Gasteiger partial charge in [-0.25, -0.2) is 0 Å². The molecule has 1 saturated heterocycles. The number of aryl methyl sites for hydroxylation is 1. The summed E-state index contributed by atoms with van der Waals surface area (Å²) in [7, 11) is 1.70. The Morgan fingerprint density at radius 1 is 0.897 bits per heavy atom. The molecule has 1 aliphatic rings. The zero-order valence-corrected chi connectivity index (χ0v) is 18.9. The summed E-state index contributed by atoms with van der Waals surface area (Å²) in [5, 5.41) is 0.733. The number of halogens is 1. The van der Waals surface area contributed by atoms with Gasteiger partial charge in [0.2, 0.25) is 0 Å². The van der Waals surface area contributed by atoms with Gasteiger partial charge in [0.1, 0.15) is 5.75 Å². The maximum atomic E-state index is 6.47. The van der Waals surface area contributed by atoms with Crippen LogP contribution in [0.25, 0.3) is 0 Å². The van der Waals surface area contributed by atoms with E-state index in [4.69, 9.17) is 16.3 Å². The molecule has 0 radical (unpaired) electrons. The molecular weight excluding hydrogens is 380 g/mol. The van der Waals surface area contributed by atoms with Gasteiger partial charge in [-0.1, -0.05) is 61.8 Å². The third-order valence-electron chi connectivity index (χ3n) is 5.92. The van der Waals surface area contributed by atoms with E-state index in [2.05, 4.69) is 66.1 Å². The van der Waals surface area contributed by atoms with Crippen LogP contribution in [0, 0.1) is 0 Å². The van der Waals surface area contributed by atoms with Crippen LogP contribution in [-0.2, 0) is 12.8 Å². The van der Waals surface area contributed by atoms with E-state index in [0.717, 1.165) is 36.8 Å². The maximum absolute atomic E-state index is 6.47. The summed E-state index contributed by atoms with van der Waals surface area (Å²) < 4.78 is 5.51. The van der Waals surface area contributed by atoms with Crippen LogP contribution in [0.5, 0.6) is 5.75 Å². The molecule has 0 atom stereocenters. The first-order chi connectivity index (χ1) is 14.1. The van der Waals surface area contributed by atoms with Gasteiger partial charge in [-0.05, 0) is 54.5 Å². The van der Waals surface area contributed by atoms with E-state index in [1.807, 2.05) is 0 Å². The van der Waals surface area contributed by atoms with Crippen molar-refractivity contribution in [3.05, 3.63) is 64.2 Å². The highest BCUT2D eigenvalue weighted by Crippen LogP contribution is 2.35. The van der Waals surface area contributed by atoms with Gasteiger partial charge < -0.3 is 14.5 Å². The van der Waals surface area contributed by atoms with Gasteiger partial charge in [0.05, 0.1) is 12.1 Å². The van der Waals surface area contributed by atoms with Crippen molar-refractivity contribution in [3.8, 4) is 5.75 Å². The Hall–Kier alpha value is -1.55. The van der Waals surface area contributed by atoms with E-state index < -0.39 is 0 Å². The predicted molar refractivity (Wildman–Crippen MR) is 123 cm³/mol. The normalized spacial score (nSPS) is 15.8. The molecule has 0 unspecified atom stereocenters. The van der Waals surface area contributed by atoms with Crippen LogP contribution >= 0.6 is 11.6 Å². The molecule has 3 rings (SSSR count). The van der Waals surface area contributed by atoms with Crippen LogP contribution in [0.15, 0.2) is 42.5 Å². The Morgan fingerprint density at radius 2 is 1.55 bits per heavy atom. The Balaban J connectivity index is 1.42. The third kappa shape index (κ3) is 6.47. The van der Waals surface area contributed by atoms with Gasteiger partial charge in [-0.3, -0.25) is 0 Å². The lowest BCUT2D eigenvalue weighted by atomic mass is 9.98. The van der Waals surface area contributed by atoms with E-state index in [9.17, 15) is 0 Å². The maximum Gasteiger partial charge on any atom is 0.140 e. The summed E-state index contributed by atoms with van der Waals surface area (Å²) in [4.78, 5) is 5.20. The number of ether oxygens (including phenoxy) is 1. The Labute approximate surface area is 181 Å². The minimum atomic E-state index is 0.404. The van der Waals surface area contributed by atoms with Gasteiger partial charge in [0.15, 0.2) is 0 Å². The Morgan fingerprint density at radius 3 is 2.17 bits per heavy atom. The highest BCUT2D eigenvalue weighted by molar-refractivity contribution is 6.32. The summed E-state index contributed by atoms with van der Waals surface area (Å²) in [6, 6.07) is 15.2. The van der Waals surface area contributed by atoms with E-state index in [0.29, 0.717) is 5.92 Å². The van der Waals surface area contributed by atoms with Crippen molar-refractivity contribution >= 4 is 11.6 Å². The molecule has 0 bridgehead atoms. The Kier molecular flexibility index (Phi) is 8.40. The Bertz CT molecular complexity index is 755. The van der Waals surface area contributed by atoms with E-state index in [1.54, 1.807) is 7.11 Å². The number of methoxy groups -OCH3 is 1. The summed E-state index contributed by atoms with van der Waals surface area (Å²) in [6.07, 6.45) is 3.46. The smallest absolute Gasteiger partial charge is 0.140 e. The average molecular weight is 415 g/mol. The highest BCUT2D eigenvalue weighted by atomic mass is 35.5. The third-order valence-corrected chi connectivity index (χ3v) is 6.20. The predicted octanol–water partition coefficient (Wildman–Crippen LogP) is 5.26. The minimum absolute atomic E-state index is 0.404. The van der Waals surface area contributed by atoms with Crippen LogP contribution in [0.2, 0.25) is 5.02 Å². The quantitative estimate of drug-likeness (QED) is 0.556. The van der Waals surface area contributed by atoms with Crippen molar-refractivity contribution in [1.82, 2.24) is 9.80 Å². The van der Waals surface area contributed by atoms with Gasteiger partial charge in [0, 0.05) is 32.7 Å². The largest absolute Gasteiger partial charge is 0.495 e. The van der Waals surface area contributed by atoms with Crippen LogP contribution in [0.3, 0.4) is 0 Å². The molecule has 0 aliphatic carbocycles. The minimum Gasteiger partial charge on any atom is -0.495 e. The summed E-state index contributed by atoms with van der Waals surface area (Å²) >= 11 is 6.47. The molecular formula is C25H35ClN2O. The molecule has 0 amide bonds. The second-order valence-electron chi connectivity index (χ2n) is 8.38. The van der Waals surface area contributed by atoms with Crippen LogP contribution in [-0.4, -0.2) is 56.2 Å². The number of benzene rings is 2. The number of hydrogen-bond acceptors (Lipinski definition) is 3. The second kappa shape index (κ2) is 11.0. The van der Waals surface area contributed by atoms with Gasteiger partial charge in [-0.2, -0.15) is 0 Å². The van der Waals surface area contributed by atoms with Crippen molar-refractivity contribution in [1.29, 1.82) is 0 Å². The van der Waals surface area contributed by atoms with Crippen LogP contribution in [0.4, 0.5) is 0 Å². The zero-order chi connectivity index (χ0) is 20.6. The molecule has 158 valence electrons. The summed E-state index contributed by atoms with van der Waals surface area (Å²) in [6.45, 7) is 11.3. The lowest BCUT2D eigenvalue weighted by molar-refractivity contribution is 0.132. The van der Waals surface area contributed by atoms with Crippen LogP contribution in [0.1, 0.15) is 42.9 Å². The number of rotatable bonds is 9. The molecule has 29 heavy (non-hydrogen) atoms. The standard InChI is InChI=1S/C25H35ClN2O/c1-20(2)23-18-22(19-24(26)25(23)29-3)11-13-28-16-14-27(15-17-28)12-7-10-21-8-5-4-6-9-21/h4-6,8-9,18-20H,7,10-17H2,1-3H3. The number of nitrogens with zero attached hydrogens (tertiary/aromatic N) is 2. The lowest BCUT2D eigenvalue weighted by Gasteiger charge is -2.34. The van der Waals surface area contributed by atoms with E-state index >= 15 is 0 Å². The molecule has 3 nitrogen and oxygen atoms in total. The average Bonchev–Trinajstić information content (AvgIpc) is 2.73. The monoisotopic (exact) mass is 414 g/mol. The summed E-state index contributed by atoms with van der Waals surface area (Å²) in [5.74, 6) is 1.23. The second-order valence-corrected chi connectivity index (χ2v) is 8.78. The fourth-order valence-electron chi connectivity index (χ4n) is 4.14. The molecule has 0 N–H and O–H groups in total. The molecule has 4 heteroatoms. The van der Waals surface area contributed by atoms with E-state index in [-0.39, 0.29) is 0 Å². The molecule has 1 fully saturated rings. The van der Waals surface area contributed by atoms with Gasteiger partial charge >= 0.3 is 0 Å². The molecule has 0 saturated carbocycles. The van der Waals surface area contributed by atoms with Crippen molar-refractivity contribution in [2.45, 2.75) is 39.0 Å². The first-order valence-electron chi connectivity index (χ1n) is 10.9.